The third-order valence-corrected chi connectivity index (χ3v) is 4.09. The Morgan fingerprint density at radius 3 is 2.76 bits per heavy atom. The Kier molecular flexibility index (Phi) is 5.07. The van der Waals surface area contributed by atoms with Crippen LogP contribution in [0.4, 0.5) is 5.69 Å². The van der Waals surface area contributed by atoms with Gasteiger partial charge in [0.05, 0.1) is 12.3 Å². The molecule has 0 spiro atoms. The number of nitrogen functional groups attached to an aromatic ring is 1. The van der Waals surface area contributed by atoms with Crippen molar-refractivity contribution in [2.75, 3.05) is 39.0 Å². The molecule has 5 heteroatoms. The highest BCUT2D eigenvalue weighted by Gasteiger charge is 2.26. The molecule has 0 aliphatic carbocycles. The van der Waals surface area contributed by atoms with E-state index in [9.17, 15) is 4.79 Å². The zero-order valence-corrected chi connectivity index (χ0v) is 13.1. The molecule has 0 saturated carbocycles. The molecule has 21 heavy (non-hydrogen) atoms. The summed E-state index contributed by atoms with van der Waals surface area (Å²) in [4.78, 5) is 16.8. The van der Waals surface area contributed by atoms with Crippen LogP contribution in [0, 0.1) is 0 Å². The molecular weight excluding hydrogens is 266 g/mol. The first-order valence-electron chi connectivity index (χ1n) is 7.58. The maximum absolute atomic E-state index is 12.6. The number of rotatable bonds is 4. The van der Waals surface area contributed by atoms with Crippen molar-refractivity contribution in [2.45, 2.75) is 26.3 Å². The van der Waals surface area contributed by atoms with Gasteiger partial charge in [0.15, 0.2) is 0 Å². The molecule has 1 aliphatic heterocycles. The molecular formula is C16H25N3O2. The Hall–Kier alpha value is -1.75. The van der Waals surface area contributed by atoms with Crippen molar-refractivity contribution < 1.29 is 9.53 Å². The average Bonchev–Trinajstić information content (AvgIpc) is 2.49. The summed E-state index contributed by atoms with van der Waals surface area (Å²) < 4.78 is 5.41. The second-order valence-corrected chi connectivity index (χ2v) is 5.48. The van der Waals surface area contributed by atoms with Crippen LogP contribution >= 0.6 is 0 Å². The van der Waals surface area contributed by atoms with Crippen LogP contribution in [0.2, 0.25) is 0 Å². The minimum absolute atomic E-state index is 0.0521. The number of benzene rings is 1. The molecule has 1 unspecified atom stereocenters. The number of piperazine rings is 1. The standard InChI is InChI=1S/C16H25N3O2/c1-4-13-11-19(9-8-18(13)3)16(20)12-6-7-15(21-5-2)14(17)10-12/h6-7,10,13H,4-5,8-9,11,17H2,1-3H3. The van der Waals surface area contributed by atoms with Crippen molar-refractivity contribution in [2.24, 2.45) is 0 Å². The van der Waals surface area contributed by atoms with Crippen molar-refractivity contribution in [3.63, 3.8) is 0 Å². The summed E-state index contributed by atoms with van der Waals surface area (Å²) >= 11 is 0. The minimum Gasteiger partial charge on any atom is -0.492 e. The molecule has 0 bridgehead atoms. The van der Waals surface area contributed by atoms with Gasteiger partial charge in [-0.3, -0.25) is 9.69 Å². The monoisotopic (exact) mass is 291 g/mol. The molecule has 2 rings (SSSR count). The summed E-state index contributed by atoms with van der Waals surface area (Å²) in [5, 5.41) is 0. The predicted molar refractivity (Wildman–Crippen MR) is 84.6 cm³/mol. The molecule has 2 N–H and O–H groups in total. The van der Waals surface area contributed by atoms with Crippen molar-refractivity contribution in [3.8, 4) is 5.75 Å². The third-order valence-electron chi connectivity index (χ3n) is 4.09. The zero-order chi connectivity index (χ0) is 15.4. The van der Waals surface area contributed by atoms with E-state index in [0.717, 1.165) is 26.1 Å². The average molecular weight is 291 g/mol. The van der Waals surface area contributed by atoms with Gasteiger partial charge in [0.1, 0.15) is 5.75 Å². The molecule has 5 nitrogen and oxygen atoms in total. The van der Waals surface area contributed by atoms with E-state index in [1.807, 2.05) is 11.8 Å². The second-order valence-electron chi connectivity index (χ2n) is 5.48. The van der Waals surface area contributed by atoms with Gasteiger partial charge in [-0.05, 0) is 38.6 Å². The topological polar surface area (TPSA) is 58.8 Å². The van der Waals surface area contributed by atoms with Gasteiger partial charge in [-0.1, -0.05) is 6.92 Å². The highest BCUT2D eigenvalue weighted by Crippen LogP contribution is 2.24. The fourth-order valence-electron chi connectivity index (χ4n) is 2.72. The van der Waals surface area contributed by atoms with Gasteiger partial charge in [-0.25, -0.2) is 0 Å². The summed E-state index contributed by atoms with van der Waals surface area (Å²) in [7, 11) is 2.12. The lowest BCUT2D eigenvalue weighted by Gasteiger charge is -2.39. The highest BCUT2D eigenvalue weighted by atomic mass is 16.5. The minimum atomic E-state index is 0.0521. The summed E-state index contributed by atoms with van der Waals surface area (Å²) in [5.41, 5.74) is 7.10. The molecule has 1 aliphatic rings. The van der Waals surface area contributed by atoms with E-state index < -0.39 is 0 Å². The first-order chi connectivity index (χ1) is 10.1. The van der Waals surface area contributed by atoms with Gasteiger partial charge in [0, 0.05) is 31.2 Å². The van der Waals surface area contributed by atoms with Crippen molar-refractivity contribution in [1.29, 1.82) is 0 Å². The number of carbonyl (C=O) groups excluding carboxylic acids is 1. The molecule has 0 aromatic heterocycles. The van der Waals surface area contributed by atoms with E-state index in [1.54, 1.807) is 18.2 Å². The van der Waals surface area contributed by atoms with Gasteiger partial charge in [0.25, 0.3) is 5.91 Å². The first-order valence-corrected chi connectivity index (χ1v) is 7.58. The second kappa shape index (κ2) is 6.80. The van der Waals surface area contributed by atoms with E-state index >= 15 is 0 Å². The van der Waals surface area contributed by atoms with E-state index in [1.165, 1.54) is 0 Å². The number of likely N-dealkylation sites (N-methyl/N-ethyl adjacent to an activating group) is 1. The van der Waals surface area contributed by atoms with E-state index in [-0.39, 0.29) is 5.91 Å². The first kappa shape index (κ1) is 15.6. The summed E-state index contributed by atoms with van der Waals surface area (Å²) in [6.07, 6.45) is 1.05. The van der Waals surface area contributed by atoms with E-state index in [2.05, 4.69) is 18.9 Å². The smallest absolute Gasteiger partial charge is 0.254 e. The Morgan fingerprint density at radius 1 is 1.38 bits per heavy atom. The van der Waals surface area contributed by atoms with Crippen LogP contribution in [0.3, 0.4) is 0 Å². The Balaban J connectivity index is 2.11. The van der Waals surface area contributed by atoms with Gasteiger partial charge in [0.2, 0.25) is 0 Å². The summed E-state index contributed by atoms with van der Waals surface area (Å²) in [6.45, 7) is 7.08. The number of amides is 1. The van der Waals surface area contributed by atoms with E-state index in [4.69, 9.17) is 10.5 Å². The van der Waals surface area contributed by atoms with Crippen LogP contribution in [-0.4, -0.2) is 55.0 Å². The van der Waals surface area contributed by atoms with Crippen molar-refractivity contribution >= 4 is 11.6 Å². The molecule has 1 amide bonds. The lowest BCUT2D eigenvalue weighted by molar-refractivity contribution is 0.0542. The van der Waals surface area contributed by atoms with Crippen molar-refractivity contribution in [1.82, 2.24) is 9.80 Å². The molecule has 1 saturated heterocycles. The largest absolute Gasteiger partial charge is 0.492 e. The quantitative estimate of drug-likeness (QED) is 0.860. The maximum Gasteiger partial charge on any atom is 0.254 e. The van der Waals surface area contributed by atoms with Crippen LogP contribution < -0.4 is 10.5 Å². The maximum atomic E-state index is 12.6. The molecule has 1 atom stereocenters. The Morgan fingerprint density at radius 2 is 2.14 bits per heavy atom. The number of hydrogen-bond donors (Lipinski definition) is 1. The zero-order valence-electron chi connectivity index (χ0n) is 13.1. The number of hydrogen-bond acceptors (Lipinski definition) is 4. The van der Waals surface area contributed by atoms with E-state index in [0.29, 0.717) is 29.6 Å². The molecule has 1 aromatic rings. The molecule has 1 aromatic carbocycles. The third kappa shape index (κ3) is 3.47. The molecule has 0 radical (unpaired) electrons. The van der Waals surface area contributed by atoms with Crippen molar-refractivity contribution in [3.05, 3.63) is 23.8 Å². The fourth-order valence-corrected chi connectivity index (χ4v) is 2.72. The molecule has 116 valence electrons. The lowest BCUT2D eigenvalue weighted by atomic mass is 10.1. The lowest BCUT2D eigenvalue weighted by Crippen LogP contribution is -2.52. The van der Waals surface area contributed by atoms with Gasteiger partial charge < -0.3 is 15.4 Å². The molecule has 1 heterocycles. The fraction of sp³-hybridized carbons (Fsp3) is 0.562. The summed E-state index contributed by atoms with van der Waals surface area (Å²) in [5.74, 6) is 0.690. The van der Waals surface area contributed by atoms with Gasteiger partial charge in [-0.2, -0.15) is 0 Å². The number of carbonyl (C=O) groups is 1. The number of anilines is 1. The van der Waals surface area contributed by atoms with Crippen LogP contribution in [0.5, 0.6) is 5.75 Å². The Labute approximate surface area is 126 Å². The number of nitrogens with two attached hydrogens (primary N) is 1. The summed E-state index contributed by atoms with van der Waals surface area (Å²) in [6, 6.07) is 5.72. The van der Waals surface area contributed by atoms with Crippen LogP contribution in [0.25, 0.3) is 0 Å². The van der Waals surface area contributed by atoms with Crippen LogP contribution in [0.15, 0.2) is 18.2 Å². The number of ether oxygens (including phenoxy) is 1. The van der Waals surface area contributed by atoms with Gasteiger partial charge >= 0.3 is 0 Å². The SMILES string of the molecule is CCOc1ccc(C(=O)N2CCN(C)C(CC)C2)cc1N. The Bertz CT molecular complexity index is 504. The predicted octanol–water partition coefficient (Wildman–Crippen LogP) is 1.83. The van der Waals surface area contributed by atoms with Crippen LogP contribution in [0.1, 0.15) is 30.6 Å². The number of nitrogens with zero attached hydrogens (tertiary/aromatic N) is 2. The highest BCUT2D eigenvalue weighted by molar-refractivity contribution is 5.95. The molecule has 1 fully saturated rings. The van der Waals surface area contributed by atoms with Gasteiger partial charge in [-0.15, -0.1) is 0 Å². The normalized spacial score (nSPS) is 19.6. The van der Waals surface area contributed by atoms with Crippen LogP contribution in [-0.2, 0) is 0 Å².